The summed E-state index contributed by atoms with van der Waals surface area (Å²) >= 11 is 1.18. The van der Waals surface area contributed by atoms with Gasteiger partial charge in [-0.25, -0.2) is 14.6 Å². The van der Waals surface area contributed by atoms with Gasteiger partial charge < -0.3 is 20.1 Å². The van der Waals surface area contributed by atoms with Gasteiger partial charge in [-0.1, -0.05) is 48.3 Å². The van der Waals surface area contributed by atoms with Gasteiger partial charge in [-0.15, -0.1) is 0 Å². The number of carbonyl (C=O) groups excluding carboxylic acids is 3. The number of rotatable bonds is 7. The number of aromatic nitrogens is 1. The van der Waals surface area contributed by atoms with Crippen LogP contribution in [0, 0.1) is 20.8 Å². The van der Waals surface area contributed by atoms with E-state index < -0.39 is 23.4 Å². The number of ether oxygens (including phenoxy) is 2. The lowest BCUT2D eigenvalue weighted by Gasteiger charge is -2.35. The standard InChI is InChI=1S/C29H34N4O5S/c1-17-15-18(2)22(19(3)16-17)31-28(36)32-26-23(30-25(39-26)20-9-11-21(37-4)12-10-20)24(34)33-29(27(35)38-5)13-7-6-8-14-29/h9-12,15-16H,6-8,13-14H2,1-5H3,(H,33,34)(H2,31,32,36). The summed E-state index contributed by atoms with van der Waals surface area (Å²) in [4.78, 5) is 44.1. The molecule has 3 N–H and O–H groups in total. The lowest BCUT2D eigenvalue weighted by Crippen LogP contribution is -2.56. The van der Waals surface area contributed by atoms with Crippen molar-refractivity contribution in [3.63, 3.8) is 0 Å². The molecule has 0 spiro atoms. The Labute approximate surface area is 232 Å². The second-order valence-electron chi connectivity index (χ2n) is 9.87. The number of methoxy groups -OCH3 is 2. The summed E-state index contributed by atoms with van der Waals surface area (Å²) in [7, 11) is 2.91. The SMILES string of the molecule is COC(=O)C1(NC(=O)c2nc(-c3ccc(OC)cc3)sc2NC(=O)Nc2c(C)cc(C)cc2C)CCCCC1. The summed E-state index contributed by atoms with van der Waals surface area (Å²) in [6.45, 7) is 5.86. The first-order valence-electron chi connectivity index (χ1n) is 12.9. The van der Waals surface area contributed by atoms with E-state index in [0.717, 1.165) is 41.5 Å². The van der Waals surface area contributed by atoms with E-state index in [1.54, 1.807) is 19.2 Å². The molecule has 3 amide bonds. The molecule has 3 aromatic rings. The summed E-state index contributed by atoms with van der Waals surface area (Å²) in [5, 5.41) is 9.45. The minimum atomic E-state index is -1.12. The molecule has 1 fully saturated rings. The van der Waals surface area contributed by atoms with Crippen LogP contribution in [-0.4, -0.2) is 42.7 Å². The van der Waals surface area contributed by atoms with E-state index in [9.17, 15) is 14.4 Å². The molecular weight excluding hydrogens is 516 g/mol. The Hall–Kier alpha value is -3.92. The molecule has 206 valence electrons. The molecule has 9 nitrogen and oxygen atoms in total. The molecule has 0 bridgehead atoms. The maximum absolute atomic E-state index is 13.6. The topological polar surface area (TPSA) is 119 Å². The highest BCUT2D eigenvalue weighted by atomic mass is 32.1. The highest BCUT2D eigenvalue weighted by Crippen LogP contribution is 2.35. The van der Waals surface area contributed by atoms with E-state index in [1.165, 1.54) is 18.4 Å². The fourth-order valence-corrected chi connectivity index (χ4v) is 6.01. The van der Waals surface area contributed by atoms with E-state index in [-0.39, 0.29) is 10.7 Å². The van der Waals surface area contributed by atoms with Crippen molar-refractivity contribution in [1.82, 2.24) is 10.3 Å². The van der Waals surface area contributed by atoms with Gasteiger partial charge in [0.25, 0.3) is 5.91 Å². The van der Waals surface area contributed by atoms with Gasteiger partial charge in [-0.05, 0) is 69.0 Å². The number of carbonyl (C=O) groups is 3. The Morgan fingerprint density at radius 3 is 2.15 bits per heavy atom. The third kappa shape index (κ3) is 6.22. The average Bonchev–Trinajstić information content (AvgIpc) is 3.34. The fourth-order valence-electron chi connectivity index (χ4n) is 5.05. The summed E-state index contributed by atoms with van der Waals surface area (Å²) in [6.07, 6.45) is 3.54. The molecule has 0 aliphatic heterocycles. The number of aryl methyl sites for hydroxylation is 3. The van der Waals surface area contributed by atoms with Crippen LogP contribution in [-0.2, 0) is 9.53 Å². The van der Waals surface area contributed by atoms with Crippen molar-refractivity contribution in [2.75, 3.05) is 24.9 Å². The highest BCUT2D eigenvalue weighted by molar-refractivity contribution is 7.19. The molecule has 0 saturated heterocycles. The van der Waals surface area contributed by atoms with E-state index in [1.807, 2.05) is 45.0 Å². The molecule has 1 saturated carbocycles. The molecule has 0 unspecified atom stereocenters. The molecule has 10 heteroatoms. The van der Waals surface area contributed by atoms with Crippen LogP contribution in [0.3, 0.4) is 0 Å². The van der Waals surface area contributed by atoms with Crippen molar-refractivity contribution in [2.24, 2.45) is 0 Å². The molecule has 1 aliphatic rings. The van der Waals surface area contributed by atoms with Crippen molar-refractivity contribution in [1.29, 1.82) is 0 Å². The predicted octanol–water partition coefficient (Wildman–Crippen LogP) is 5.99. The molecule has 1 heterocycles. The Kier molecular flexibility index (Phi) is 8.54. The first-order chi connectivity index (χ1) is 18.7. The zero-order valence-corrected chi connectivity index (χ0v) is 23.7. The van der Waals surface area contributed by atoms with E-state index in [2.05, 4.69) is 20.9 Å². The fraction of sp³-hybridized carbons (Fsp3) is 0.379. The van der Waals surface area contributed by atoms with Crippen LogP contribution in [0.4, 0.5) is 15.5 Å². The number of urea groups is 1. The predicted molar refractivity (Wildman–Crippen MR) is 153 cm³/mol. The number of hydrogen-bond acceptors (Lipinski definition) is 7. The summed E-state index contributed by atoms with van der Waals surface area (Å²) in [5.41, 5.74) is 3.34. The zero-order chi connectivity index (χ0) is 28.2. The lowest BCUT2D eigenvalue weighted by atomic mass is 9.81. The van der Waals surface area contributed by atoms with Crippen LogP contribution < -0.4 is 20.7 Å². The quantitative estimate of drug-likeness (QED) is 0.311. The van der Waals surface area contributed by atoms with E-state index in [4.69, 9.17) is 9.47 Å². The number of nitrogens with one attached hydrogen (secondary N) is 3. The smallest absolute Gasteiger partial charge is 0.331 e. The van der Waals surface area contributed by atoms with Gasteiger partial charge in [-0.2, -0.15) is 0 Å². The van der Waals surface area contributed by atoms with Crippen LogP contribution >= 0.6 is 11.3 Å². The van der Waals surface area contributed by atoms with Crippen molar-refractivity contribution < 1.29 is 23.9 Å². The summed E-state index contributed by atoms with van der Waals surface area (Å²) in [5.74, 6) is -0.331. The van der Waals surface area contributed by atoms with Gasteiger partial charge in [0.1, 0.15) is 21.3 Å². The second kappa shape index (κ2) is 11.9. The Morgan fingerprint density at radius 1 is 0.923 bits per heavy atom. The van der Waals surface area contributed by atoms with Gasteiger partial charge in [0.2, 0.25) is 0 Å². The second-order valence-corrected chi connectivity index (χ2v) is 10.9. The van der Waals surface area contributed by atoms with Gasteiger partial charge in [0.15, 0.2) is 5.69 Å². The number of nitrogens with zero attached hydrogens (tertiary/aromatic N) is 1. The molecule has 0 atom stereocenters. The van der Waals surface area contributed by atoms with E-state index in [0.29, 0.717) is 29.3 Å². The Bertz CT molecular complexity index is 1350. The van der Waals surface area contributed by atoms with Crippen LogP contribution in [0.5, 0.6) is 5.75 Å². The van der Waals surface area contributed by atoms with Gasteiger partial charge in [0, 0.05) is 11.3 Å². The molecule has 0 radical (unpaired) electrons. The summed E-state index contributed by atoms with van der Waals surface area (Å²) in [6, 6.07) is 10.8. The normalized spacial score (nSPS) is 14.3. The molecule has 2 aromatic carbocycles. The first-order valence-corrected chi connectivity index (χ1v) is 13.7. The molecule has 4 rings (SSSR count). The largest absolute Gasteiger partial charge is 0.497 e. The van der Waals surface area contributed by atoms with Crippen LogP contribution in [0.2, 0.25) is 0 Å². The molecule has 39 heavy (non-hydrogen) atoms. The maximum Gasteiger partial charge on any atom is 0.331 e. The molecular formula is C29H34N4O5S. The first kappa shape index (κ1) is 28.1. The highest BCUT2D eigenvalue weighted by Gasteiger charge is 2.43. The minimum Gasteiger partial charge on any atom is -0.497 e. The van der Waals surface area contributed by atoms with Crippen molar-refractivity contribution >= 4 is 39.9 Å². The third-order valence-electron chi connectivity index (χ3n) is 6.96. The molecule has 1 aliphatic carbocycles. The summed E-state index contributed by atoms with van der Waals surface area (Å²) < 4.78 is 10.3. The lowest BCUT2D eigenvalue weighted by molar-refractivity contribution is -0.149. The van der Waals surface area contributed by atoms with Crippen molar-refractivity contribution in [2.45, 2.75) is 58.4 Å². The van der Waals surface area contributed by atoms with Crippen molar-refractivity contribution in [3.05, 3.63) is 58.8 Å². The van der Waals surface area contributed by atoms with Crippen LogP contribution in [0.15, 0.2) is 36.4 Å². The molecule has 1 aromatic heterocycles. The Morgan fingerprint density at radius 2 is 1.56 bits per heavy atom. The zero-order valence-electron chi connectivity index (χ0n) is 22.9. The van der Waals surface area contributed by atoms with Gasteiger partial charge >= 0.3 is 12.0 Å². The number of benzene rings is 2. The Balaban J connectivity index is 1.66. The number of hydrogen-bond donors (Lipinski definition) is 3. The number of thiazole rings is 1. The minimum absolute atomic E-state index is 0.0344. The third-order valence-corrected chi connectivity index (χ3v) is 7.98. The average molecular weight is 551 g/mol. The van der Waals surface area contributed by atoms with Gasteiger partial charge in [-0.3, -0.25) is 10.1 Å². The number of esters is 1. The van der Waals surface area contributed by atoms with Crippen LogP contribution in [0.25, 0.3) is 10.6 Å². The number of amides is 3. The van der Waals surface area contributed by atoms with Gasteiger partial charge in [0.05, 0.1) is 14.2 Å². The number of anilines is 2. The maximum atomic E-state index is 13.6. The monoisotopic (exact) mass is 550 g/mol. The van der Waals surface area contributed by atoms with Crippen molar-refractivity contribution in [3.8, 4) is 16.3 Å². The van der Waals surface area contributed by atoms with Crippen LogP contribution in [0.1, 0.15) is 59.3 Å². The van der Waals surface area contributed by atoms with E-state index >= 15 is 0 Å².